The number of rotatable bonds is 5. The zero-order valence-electron chi connectivity index (χ0n) is 13.3. The molecule has 4 saturated carbocycles. The number of carbonyl (C=O) groups excluding carboxylic acids is 1. The van der Waals surface area contributed by atoms with Gasteiger partial charge in [-0.05, 0) is 67.6 Å². The van der Waals surface area contributed by atoms with Crippen LogP contribution in [0.15, 0.2) is 43.0 Å². The molecule has 4 aliphatic carbocycles. The largest absolute Gasteiger partial charge is 0.294 e. The fourth-order valence-electron chi connectivity index (χ4n) is 6.11. The van der Waals surface area contributed by atoms with Gasteiger partial charge in [-0.2, -0.15) is 0 Å². The van der Waals surface area contributed by atoms with Crippen molar-refractivity contribution >= 4 is 5.78 Å². The van der Waals surface area contributed by atoms with E-state index in [1.165, 1.54) is 32.1 Å². The summed E-state index contributed by atoms with van der Waals surface area (Å²) >= 11 is 0. The highest BCUT2D eigenvalue weighted by Gasteiger charge is 2.56. The normalized spacial score (nSPS) is 38.9. The summed E-state index contributed by atoms with van der Waals surface area (Å²) in [7, 11) is 0. The predicted octanol–water partition coefficient (Wildman–Crippen LogP) is 5.28. The fourth-order valence-corrected chi connectivity index (χ4v) is 6.11. The Morgan fingerprint density at radius 3 is 2.18 bits per heavy atom. The van der Waals surface area contributed by atoms with Crippen LogP contribution in [0.1, 0.15) is 55.3 Å². The first kappa shape index (κ1) is 14.2. The predicted molar refractivity (Wildman–Crippen MR) is 89.7 cm³/mol. The summed E-state index contributed by atoms with van der Waals surface area (Å²) in [6.07, 6.45) is 10.8. The molecule has 4 aliphatic rings. The van der Waals surface area contributed by atoms with Crippen LogP contribution >= 0.6 is 0 Å². The van der Waals surface area contributed by atoms with Crippen molar-refractivity contribution in [3.63, 3.8) is 0 Å². The fraction of sp³-hybridized carbons (Fsp3) is 0.571. The Bertz CT molecular complexity index is 543. The van der Waals surface area contributed by atoms with E-state index in [9.17, 15) is 4.79 Å². The zero-order valence-corrected chi connectivity index (χ0v) is 13.3. The number of hydrogen-bond donors (Lipinski definition) is 0. The minimum absolute atomic E-state index is 0.210. The molecule has 0 heterocycles. The molecule has 5 rings (SSSR count). The highest BCUT2D eigenvalue weighted by atomic mass is 16.1. The minimum Gasteiger partial charge on any atom is -0.294 e. The van der Waals surface area contributed by atoms with E-state index in [2.05, 4.69) is 12.7 Å². The van der Waals surface area contributed by atoms with Crippen molar-refractivity contribution < 1.29 is 4.79 Å². The van der Waals surface area contributed by atoms with Crippen molar-refractivity contribution in [2.24, 2.45) is 29.1 Å². The number of benzene rings is 1. The van der Waals surface area contributed by atoms with Crippen LogP contribution in [0.3, 0.4) is 0 Å². The van der Waals surface area contributed by atoms with Gasteiger partial charge in [0.25, 0.3) is 0 Å². The average molecular weight is 294 g/mol. The molecule has 0 saturated heterocycles. The van der Waals surface area contributed by atoms with Gasteiger partial charge in [-0.3, -0.25) is 4.79 Å². The van der Waals surface area contributed by atoms with Crippen molar-refractivity contribution in [2.45, 2.75) is 44.9 Å². The van der Waals surface area contributed by atoms with Crippen LogP contribution < -0.4 is 0 Å². The van der Waals surface area contributed by atoms with E-state index in [0.717, 1.165) is 42.1 Å². The summed E-state index contributed by atoms with van der Waals surface area (Å²) in [5.74, 6) is 3.76. The lowest BCUT2D eigenvalue weighted by Crippen LogP contribution is -2.53. The van der Waals surface area contributed by atoms with E-state index in [-0.39, 0.29) is 5.41 Å². The van der Waals surface area contributed by atoms with E-state index in [0.29, 0.717) is 5.78 Å². The lowest BCUT2D eigenvalue weighted by Gasteiger charge is -2.61. The lowest BCUT2D eigenvalue weighted by atomic mass is 9.43. The van der Waals surface area contributed by atoms with Crippen molar-refractivity contribution in [2.75, 3.05) is 0 Å². The quantitative estimate of drug-likeness (QED) is 0.533. The molecule has 0 amide bonds. The SMILES string of the molecule is C=CCC1(CC(=O)c2ccccc2)C2CC3CC(C2)CC1C3. The Hall–Kier alpha value is -1.37. The topological polar surface area (TPSA) is 17.1 Å². The van der Waals surface area contributed by atoms with Crippen LogP contribution in [0.2, 0.25) is 0 Å². The van der Waals surface area contributed by atoms with Gasteiger partial charge in [-0.25, -0.2) is 0 Å². The summed E-state index contributed by atoms with van der Waals surface area (Å²) in [5.41, 5.74) is 1.10. The number of Topliss-reactive ketones (excluding diaryl/α,β-unsaturated/α-hetero) is 1. The Labute approximate surface area is 133 Å². The molecule has 0 radical (unpaired) electrons. The third-order valence-electron chi connectivity index (χ3n) is 6.87. The first-order chi connectivity index (χ1) is 10.7. The molecule has 1 nitrogen and oxygen atoms in total. The lowest BCUT2D eigenvalue weighted by molar-refractivity contribution is -0.106. The maximum Gasteiger partial charge on any atom is 0.163 e. The molecule has 1 heteroatoms. The van der Waals surface area contributed by atoms with Gasteiger partial charge in [-0.15, -0.1) is 6.58 Å². The molecule has 0 spiro atoms. The molecule has 22 heavy (non-hydrogen) atoms. The second-order valence-corrected chi connectivity index (χ2v) is 8.00. The van der Waals surface area contributed by atoms with Crippen LogP contribution in [0.25, 0.3) is 0 Å². The Balaban J connectivity index is 1.63. The van der Waals surface area contributed by atoms with Crippen LogP contribution in [0.4, 0.5) is 0 Å². The van der Waals surface area contributed by atoms with Gasteiger partial charge in [0, 0.05) is 12.0 Å². The molecule has 4 bridgehead atoms. The molecule has 1 aromatic carbocycles. The molecule has 0 aromatic heterocycles. The summed E-state index contributed by atoms with van der Waals surface area (Å²) in [6, 6.07) is 9.88. The molecule has 0 aliphatic heterocycles. The molecule has 1 aromatic rings. The summed E-state index contributed by atoms with van der Waals surface area (Å²) in [6.45, 7) is 4.03. The van der Waals surface area contributed by atoms with Crippen LogP contribution in [-0.2, 0) is 0 Å². The van der Waals surface area contributed by atoms with E-state index in [4.69, 9.17) is 0 Å². The van der Waals surface area contributed by atoms with Gasteiger partial charge in [-0.1, -0.05) is 36.4 Å². The van der Waals surface area contributed by atoms with Crippen LogP contribution in [0, 0.1) is 29.1 Å². The van der Waals surface area contributed by atoms with Crippen molar-refractivity contribution in [3.8, 4) is 0 Å². The molecule has 4 fully saturated rings. The minimum atomic E-state index is 0.210. The molecule has 0 atom stereocenters. The molecule has 116 valence electrons. The second-order valence-electron chi connectivity index (χ2n) is 8.00. The monoisotopic (exact) mass is 294 g/mol. The summed E-state index contributed by atoms with van der Waals surface area (Å²) in [5, 5.41) is 0. The molecule has 0 N–H and O–H groups in total. The van der Waals surface area contributed by atoms with Gasteiger partial charge in [0.2, 0.25) is 0 Å². The van der Waals surface area contributed by atoms with E-state index in [1.54, 1.807) is 0 Å². The third kappa shape index (κ3) is 2.17. The van der Waals surface area contributed by atoms with E-state index in [1.807, 2.05) is 30.3 Å². The van der Waals surface area contributed by atoms with E-state index < -0.39 is 0 Å². The van der Waals surface area contributed by atoms with Crippen molar-refractivity contribution in [3.05, 3.63) is 48.6 Å². The van der Waals surface area contributed by atoms with Crippen LogP contribution in [-0.4, -0.2) is 5.78 Å². The highest BCUT2D eigenvalue weighted by molar-refractivity contribution is 5.96. The number of ketones is 1. The summed E-state index contributed by atoms with van der Waals surface area (Å²) < 4.78 is 0. The summed E-state index contributed by atoms with van der Waals surface area (Å²) in [4.78, 5) is 12.9. The van der Waals surface area contributed by atoms with Gasteiger partial charge in [0.15, 0.2) is 5.78 Å². The van der Waals surface area contributed by atoms with Gasteiger partial charge < -0.3 is 0 Å². The Morgan fingerprint density at radius 1 is 1.05 bits per heavy atom. The van der Waals surface area contributed by atoms with E-state index >= 15 is 0 Å². The molecule has 0 unspecified atom stereocenters. The maximum absolute atomic E-state index is 12.9. The standard InChI is InChI=1S/C21H26O/c1-2-8-21(14-20(22)17-6-4-3-5-7-17)18-10-15-9-16(12-18)13-19(21)11-15/h2-7,15-16,18-19H,1,8-14H2. The van der Waals surface area contributed by atoms with Gasteiger partial charge >= 0.3 is 0 Å². The number of allylic oxidation sites excluding steroid dienone is 1. The van der Waals surface area contributed by atoms with Gasteiger partial charge in [0.1, 0.15) is 0 Å². The van der Waals surface area contributed by atoms with Gasteiger partial charge in [0.05, 0.1) is 0 Å². The first-order valence-electron chi connectivity index (χ1n) is 8.90. The van der Waals surface area contributed by atoms with Crippen LogP contribution in [0.5, 0.6) is 0 Å². The average Bonchev–Trinajstić information content (AvgIpc) is 2.52. The molecular weight excluding hydrogens is 268 g/mol. The number of carbonyl (C=O) groups is 1. The van der Waals surface area contributed by atoms with Crippen molar-refractivity contribution in [1.82, 2.24) is 0 Å². The highest BCUT2D eigenvalue weighted by Crippen LogP contribution is 2.65. The smallest absolute Gasteiger partial charge is 0.163 e. The van der Waals surface area contributed by atoms with Crippen molar-refractivity contribution in [1.29, 1.82) is 0 Å². The molecular formula is C21H26O. The zero-order chi connectivity index (χ0) is 15.2. The third-order valence-corrected chi connectivity index (χ3v) is 6.87. The Kier molecular flexibility index (Phi) is 3.47. The number of hydrogen-bond acceptors (Lipinski definition) is 1. The maximum atomic E-state index is 12.9. The second kappa shape index (κ2) is 5.37. The Morgan fingerprint density at radius 2 is 1.64 bits per heavy atom. The first-order valence-corrected chi connectivity index (χ1v) is 8.90.